The van der Waals surface area contributed by atoms with E-state index in [1.54, 1.807) is 0 Å². The van der Waals surface area contributed by atoms with E-state index in [-0.39, 0.29) is 6.04 Å². The third-order valence-corrected chi connectivity index (χ3v) is 3.46. The molecule has 0 bridgehead atoms. The van der Waals surface area contributed by atoms with E-state index in [1.165, 1.54) is 6.42 Å². The number of hydrogen-bond donors (Lipinski definition) is 1. The quantitative estimate of drug-likeness (QED) is 0.773. The van der Waals surface area contributed by atoms with E-state index in [9.17, 15) is 0 Å². The molecule has 1 heterocycles. The Balaban J connectivity index is 2.43. The minimum Gasteiger partial charge on any atom is -0.301 e. The highest BCUT2D eigenvalue weighted by molar-refractivity contribution is 4.94. The van der Waals surface area contributed by atoms with Gasteiger partial charge in [-0.15, -0.1) is 0 Å². The number of nitrogens with zero attached hydrogens (tertiary/aromatic N) is 3. The number of likely N-dealkylation sites (N-methyl/N-ethyl adjacent to an activating group) is 1. The van der Waals surface area contributed by atoms with Crippen molar-refractivity contribution < 1.29 is 0 Å². The Morgan fingerprint density at radius 2 is 2.12 bits per heavy atom. The average Bonchev–Trinajstić information content (AvgIpc) is 2.30. The SMILES string of the molecule is CCC1CN(CC(C#N)NC(C)C)CCN1C. The predicted octanol–water partition coefficient (Wildman–Crippen LogP) is 0.903. The van der Waals surface area contributed by atoms with E-state index in [1.807, 2.05) is 0 Å². The molecule has 1 saturated heterocycles. The van der Waals surface area contributed by atoms with Crippen molar-refractivity contribution in [2.75, 3.05) is 33.2 Å². The Labute approximate surface area is 106 Å². The Morgan fingerprint density at radius 3 is 2.65 bits per heavy atom. The molecule has 1 rings (SSSR count). The lowest BCUT2D eigenvalue weighted by Crippen LogP contribution is -2.54. The second-order valence-electron chi connectivity index (χ2n) is 5.31. The molecule has 0 aliphatic carbocycles. The summed E-state index contributed by atoms with van der Waals surface area (Å²) in [6.07, 6.45) is 1.18. The molecular formula is C13H26N4. The zero-order valence-corrected chi connectivity index (χ0v) is 11.6. The topological polar surface area (TPSA) is 42.3 Å². The molecule has 0 saturated carbocycles. The van der Waals surface area contributed by atoms with E-state index < -0.39 is 0 Å². The summed E-state index contributed by atoms with van der Waals surface area (Å²) >= 11 is 0. The number of piperazine rings is 1. The molecule has 0 aromatic carbocycles. The highest BCUT2D eigenvalue weighted by atomic mass is 15.3. The van der Waals surface area contributed by atoms with Gasteiger partial charge in [-0.2, -0.15) is 5.26 Å². The first-order chi connectivity index (χ1) is 8.06. The van der Waals surface area contributed by atoms with Crippen LogP contribution in [0.15, 0.2) is 0 Å². The van der Waals surface area contributed by atoms with Crippen molar-refractivity contribution in [3.05, 3.63) is 0 Å². The van der Waals surface area contributed by atoms with Gasteiger partial charge in [-0.3, -0.25) is 10.2 Å². The van der Waals surface area contributed by atoms with Gasteiger partial charge in [0.1, 0.15) is 6.04 Å². The summed E-state index contributed by atoms with van der Waals surface area (Å²) in [4.78, 5) is 4.84. The molecule has 4 nitrogen and oxygen atoms in total. The summed E-state index contributed by atoms with van der Waals surface area (Å²) in [7, 11) is 2.19. The van der Waals surface area contributed by atoms with Gasteiger partial charge in [-0.05, 0) is 27.3 Å². The minimum absolute atomic E-state index is 0.0455. The van der Waals surface area contributed by atoms with E-state index >= 15 is 0 Å². The first kappa shape index (κ1) is 14.4. The fraction of sp³-hybridized carbons (Fsp3) is 0.923. The molecule has 0 aromatic heterocycles. The van der Waals surface area contributed by atoms with Crippen LogP contribution in [0, 0.1) is 11.3 Å². The summed E-state index contributed by atoms with van der Waals surface area (Å²) in [5.41, 5.74) is 0. The molecular weight excluding hydrogens is 212 g/mol. The first-order valence-corrected chi connectivity index (χ1v) is 6.65. The van der Waals surface area contributed by atoms with Gasteiger partial charge in [-0.1, -0.05) is 6.92 Å². The normalized spacial score (nSPS) is 24.8. The number of rotatable bonds is 5. The van der Waals surface area contributed by atoms with E-state index in [4.69, 9.17) is 5.26 Å². The van der Waals surface area contributed by atoms with Crippen LogP contribution in [0.4, 0.5) is 0 Å². The van der Waals surface area contributed by atoms with Crippen LogP contribution in [0.2, 0.25) is 0 Å². The van der Waals surface area contributed by atoms with Crippen molar-refractivity contribution in [2.24, 2.45) is 0 Å². The number of nitriles is 1. The van der Waals surface area contributed by atoms with Gasteiger partial charge in [-0.25, -0.2) is 0 Å². The average molecular weight is 238 g/mol. The van der Waals surface area contributed by atoms with Crippen LogP contribution >= 0.6 is 0 Å². The molecule has 0 amide bonds. The molecule has 0 aromatic rings. The van der Waals surface area contributed by atoms with Crippen molar-refractivity contribution in [1.82, 2.24) is 15.1 Å². The van der Waals surface area contributed by atoms with Crippen LogP contribution in [0.3, 0.4) is 0 Å². The molecule has 98 valence electrons. The molecule has 1 aliphatic heterocycles. The molecule has 2 atom stereocenters. The smallest absolute Gasteiger partial charge is 0.108 e. The van der Waals surface area contributed by atoms with Crippen LogP contribution in [-0.2, 0) is 0 Å². The Morgan fingerprint density at radius 1 is 1.41 bits per heavy atom. The maximum absolute atomic E-state index is 9.13. The van der Waals surface area contributed by atoms with Crippen molar-refractivity contribution in [1.29, 1.82) is 5.26 Å². The largest absolute Gasteiger partial charge is 0.301 e. The minimum atomic E-state index is -0.0455. The monoisotopic (exact) mass is 238 g/mol. The lowest BCUT2D eigenvalue weighted by Gasteiger charge is -2.39. The van der Waals surface area contributed by atoms with Crippen molar-refractivity contribution >= 4 is 0 Å². The van der Waals surface area contributed by atoms with Gasteiger partial charge in [0.2, 0.25) is 0 Å². The summed E-state index contributed by atoms with van der Waals surface area (Å²) in [6, 6.07) is 3.32. The van der Waals surface area contributed by atoms with Crippen LogP contribution in [-0.4, -0.2) is 61.2 Å². The molecule has 0 spiro atoms. The highest BCUT2D eigenvalue weighted by Crippen LogP contribution is 2.10. The van der Waals surface area contributed by atoms with Crippen molar-refractivity contribution in [2.45, 2.75) is 45.3 Å². The number of nitrogens with one attached hydrogen (secondary N) is 1. The van der Waals surface area contributed by atoms with Crippen molar-refractivity contribution in [3.63, 3.8) is 0 Å². The molecule has 2 unspecified atom stereocenters. The van der Waals surface area contributed by atoms with Crippen LogP contribution in [0.5, 0.6) is 0 Å². The fourth-order valence-corrected chi connectivity index (χ4v) is 2.41. The molecule has 1 fully saturated rings. The third-order valence-electron chi connectivity index (χ3n) is 3.46. The second-order valence-corrected chi connectivity index (χ2v) is 5.31. The zero-order valence-electron chi connectivity index (χ0n) is 11.6. The highest BCUT2D eigenvalue weighted by Gasteiger charge is 2.24. The van der Waals surface area contributed by atoms with Crippen LogP contribution in [0.25, 0.3) is 0 Å². The van der Waals surface area contributed by atoms with Crippen molar-refractivity contribution in [3.8, 4) is 6.07 Å². The Kier molecular flexibility index (Phi) is 5.90. The molecule has 1 N–H and O–H groups in total. The molecule has 1 aliphatic rings. The lowest BCUT2D eigenvalue weighted by molar-refractivity contribution is 0.0893. The maximum atomic E-state index is 9.13. The van der Waals surface area contributed by atoms with Gasteiger partial charge in [0.25, 0.3) is 0 Å². The standard InChI is InChI=1S/C13H26N4/c1-5-13-10-17(7-6-16(13)4)9-12(8-14)15-11(2)3/h11-13,15H,5-7,9-10H2,1-4H3. The summed E-state index contributed by atoms with van der Waals surface area (Å²) in [5, 5.41) is 12.4. The molecule has 17 heavy (non-hydrogen) atoms. The molecule has 0 radical (unpaired) electrons. The summed E-state index contributed by atoms with van der Waals surface area (Å²) in [6.45, 7) is 10.5. The van der Waals surface area contributed by atoms with E-state index in [0.717, 1.165) is 26.2 Å². The lowest BCUT2D eigenvalue weighted by atomic mass is 10.1. The first-order valence-electron chi connectivity index (χ1n) is 6.65. The van der Waals surface area contributed by atoms with Crippen LogP contribution < -0.4 is 5.32 Å². The Bertz CT molecular complexity index is 259. The zero-order chi connectivity index (χ0) is 12.8. The van der Waals surface area contributed by atoms with E-state index in [2.05, 4.69) is 49.0 Å². The third kappa shape index (κ3) is 4.63. The second kappa shape index (κ2) is 6.95. The Hall–Kier alpha value is -0.630. The fourth-order valence-electron chi connectivity index (χ4n) is 2.41. The predicted molar refractivity (Wildman–Crippen MR) is 70.8 cm³/mol. The van der Waals surface area contributed by atoms with E-state index in [0.29, 0.717) is 12.1 Å². The summed E-state index contributed by atoms with van der Waals surface area (Å²) < 4.78 is 0. The van der Waals surface area contributed by atoms with Gasteiger partial charge < -0.3 is 4.90 Å². The maximum Gasteiger partial charge on any atom is 0.108 e. The van der Waals surface area contributed by atoms with Gasteiger partial charge in [0.15, 0.2) is 0 Å². The summed E-state index contributed by atoms with van der Waals surface area (Å²) in [5.74, 6) is 0. The number of hydrogen-bond acceptors (Lipinski definition) is 4. The van der Waals surface area contributed by atoms with Gasteiger partial charge in [0.05, 0.1) is 6.07 Å². The van der Waals surface area contributed by atoms with Gasteiger partial charge in [0, 0.05) is 38.3 Å². The van der Waals surface area contributed by atoms with Crippen LogP contribution in [0.1, 0.15) is 27.2 Å². The van der Waals surface area contributed by atoms with Gasteiger partial charge >= 0.3 is 0 Å². The molecule has 4 heteroatoms.